The van der Waals surface area contributed by atoms with Crippen LogP contribution in [0.4, 0.5) is 4.39 Å². The van der Waals surface area contributed by atoms with Gasteiger partial charge in [0, 0.05) is 12.8 Å². The first kappa shape index (κ1) is 24.7. The fraction of sp³-hybridized carbons (Fsp3) is 0.357. The second kappa shape index (κ2) is 10.5. The lowest BCUT2D eigenvalue weighted by Gasteiger charge is -2.40. The SMILES string of the molecule is OC[C@H]1O[C@@H](c2ccc(F)c(Cc3ccc(OCC4Cc5ccccc5O4)cc3)c2)[C@H](O)[C@@H](O)[C@@H]1O. The number of para-hydroxylation sites is 1. The van der Waals surface area contributed by atoms with Crippen LogP contribution in [-0.4, -0.2) is 64.2 Å². The molecule has 0 amide bonds. The second-order valence-corrected chi connectivity index (χ2v) is 9.28. The lowest BCUT2D eigenvalue weighted by molar-refractivity contribution is -0.231. The summed E-state index contributed by atoms with van der Waals surface area (Å²) in [5.74, 6) is 1.17. The van der Waals surface area contributed by atoms with Gasteiger partial charge in [-0.25, -0.2) is 4.39 Å². The van der Waals surface area contributed by atoms with E-state index in [2.05, 4.69) is 6.07 Å². The minimum atomic E-state index is -1.49. The van der Waals surface area contributed by atoms with Crippen LogP contribution in [0.3, 0.4) is 0 Å². The highest BCUT2D eigenvalue weighted by atomic mass is 19.1. The molecule has 2 heterocycles. The summed E-state index contributed by atoms with van der Waals surface area (Å²) < 4.78 is 32.0. The predicted octanol–water partition coefficient (Wildman–Crippen LogP) is 2.31. The fourth-order valence-electron chi connectivity index (χ4n) is 4.74. The van der Waals surface area contributed by atoms with Crippen LogP contribution in [0.1, 0.15) is 28.4 Å². The molecule has 0 spiro atoms. The van der Waals surface area contributed by atoms with Crippen molar-refractivity contribution >= 4 is 0 Å². The third-order valence-electron chi connectivity index (χ3n) is 6.76. The van der Waals surface area contributed by atoms with Gasteiger partial charge in [-0.15, -0.1) is 0 Å². The van der Waals surface area contributed by atoms with Gasteiger partial charge in [0.2, 0.25) is 0 Å². The summed E-state index contributed by atoms with van der Waals surface area (Å²) >= 11 is 0. The first-order valence-electron chi connectivity index (χ1n) is 12.0. The molecule has 2 aliphatic heterocycles. The summed E-state index contributed by atoms with van der Waals surface area (Å²) in [7, 11) is 0. The van der Waals surface area contributed by atoms with Gasteiger partial charge in [-0.1, -0.05) is 36.4 Å². The zero-order valence-electron chi connectivity index (χ0n) is 19.5. The Bertz CT molecular complexity index is 1160. The maximum atomic E-state index is 14.6. The van der Waals surface area contributed by atoms with Crippen molar-refractivity contribution in [2.45, 2.75) is 49.5 Å². The van der Waals surface area contributed by atoms with E-state index in [-0.39, 0.29) is 6.10 Å². The van der Waals surface area contributed by atoms with E-state index in [1.807, 2.05) is 42.5 Å². The van der Waals surface area contributed by atoms with Crippen molar-refractivity contribution in [1.29, 1.82) is 0 Å². The number of rotatable bonds is 7. The van der Waals surface area contributed by atoms with Gasteiger partial charge in [-0.3, -0.25) is 0 Å². The van der Waals surface area contributed by atoms with Crippen LogP contribution in [0.25, 0.3) is 0 Å². The fourth-order valence-corrected chi connectivity index (χ4v) is 4.74. The molecule has 3 aromatic carbocycles. The van der Waals surface area contributed by atoms with E-state index in [9.17, 15) is 24.8 Å². The van der Waals surface area contributed by atoms with Crippen LogP contribution in [-0.2, 0) is 17.6 Å². The molecule has 0 bridgehead atoms. The number of ether oxygens (including phenoxy) is 3. The minimum absolute atomic E-state index is 0.0404. The number of fused-ring (bicyclic) bond motifs is 1. The lowest BCUT2D eigenvalue weighted by Crippen LogP contribution is -2.55. The van der Waals surface area contributed by atoms with Gasteiger partial charge in [0.15, 0.2) is 0 Å². The highest BCUT2D eigenvalue weighted by Gasteiger charge is 2.44. The van der Waals surface area contributed by atoms with E-state index in [1.54, 1.807) is 6.07 Å². The standard InChI is InChI=1S/C28H29FO7/c29-22-10-7-18(28-27(33)26(32)25(31)24(14-30)36-28)12-19(22)11-16-5-8-20(9-6-16)34-15-21-13-17-3-1-2-4-23(17)35-21/h1-10,12,21,24-28,30-33H,11,13-15H2/t21?,24-,25-,26+,27-,28+/m1/s1. The molecule has 0 aliphatic carbocycles. The Morgan fingerprint density at radius 2 is 1.69 bits per heavy atom. The molecule has 190 valence electrons. The van der Waals surface area contributed by atoms with E-state index >= 15 is 0 Å². The van der Waals surface area contributed by atoms with Crippen LogP contribution >= 0.6 is 0 Å². The maximum Gasteiger partial charge on any atom is 0.137 e. The van der Waals surface area contributed by atoms with Gasteiger partial charge in [0.25, 0.3) is 0 Å². The first-order chi connectivity index (χ1) is 17.4. The minimum Gasteiger partial charge on any atom is -0.490 e. The number of aliphatic hydroxyl groups excluding tert-OH is 4. The highest BCUT2D eigenvalue weighted by molar-refractivity contribution is 5.38. The summed E-state index contributed by atoms with van der Waals surface area (Å²) in [6.45, 7) is -0.104. The molecule has 3 aromatic rings. The summed E-state index contributed by atoms with van der Waals surface area (Å²) in [4.78, 5) is 0. The first-order valence-corrected chi connectivity index (χ1v) is 12.0. The van der Waals surface area contributed by atoms with Crippen molar-refractivity contribution in [2.75, 3.05) is 13.2 Å². The normalized spacial score (nSPS) is 27.4. The van der Waals surface area contributed by atoms with Gasteiger partial charge < -0.3 is 34.6 Å². The van der Waals surface area contributed by atoms with Crippen molar-refractivity contribution < 1.29 is 39.0 Å². The summed E-state index contributed by atoms with van der Waals surface area (Å²) in [6, 6.07) is 19.6. The Morgan fingerprint density at radius 1 is 0.917 bits per heavy atom. The number of hydrogen-bond acceptors (Lipinski definition) is 7. The molecule has 0 radical (unpaired) electrons. The zero-order valence-corrected chi connectivity index (χ0v) is 19.5. The van der Waals surface area contributed by atoms with Crippen LogP contribution in [0, 0.1) is 5.82 Å². The summed E-state index contributed by atoms with van der Waals surface area (Å²) in [6.07, 6.45) is -5.35. The molecule has 7 nitrogen and oxygen atoms in total. The van der Waals surface area contributed by atoms with Gasteiger partial charge >= 0.3 is 0 Å². The molecule has 4 N–H and O–H groups in total. The molecular weight excluding hydrogens is 467 g/mol. The van der Waals surface area contributed by atoms with Crippen LogP contribution < -0.4 is 9.47 Å². The van der Waals surface area contributed by atoms with E-state index in [0.717, 1.165) is 17.7 Å². The largest absolute Gasteiger partial charge is 0.490 e. The number of halogens is 1. The van der Waals surface area contributed by atoms with Crippen molar-refractivity contribution in [3.63, 3.8) is 0 Å². The van der Waals surface area contributed by atoms with E-state index in [1.165, 1.54) is 17.7 Å². The van der Waals surface area contributed by atoms with Crippen LogP contribution in [0.5, 0.6) is 11.5 Å². The average molecular weight is 497 g/mol. The zero-order chi connectivity index (χ0) is 25.2. The average Bonchev–Trinajstić information content (AvgIpc) is 3.32. The van der Waals surface area contributed by atoms with Gasteiger partial charge in [-0.05, 0) is 52.6 Å². The number of aliphatic hydroxyl groups is 4. The Hall–Kier alpha value is -3.01. The molecule has 2 aliphatic rings. The second-order valence-electron chi connectivity index (χ2n) is 9.28. The smallest absolute Gasteiger partial charge is 0.137 e. The third kappa shape index (κ3) is 5.09. The third-order valence-corrected chi connectivity index (χ3v) is 6.76. The summed E-state index contributed by atoms with van der Waals surface area (Å²) in [5.41, 5.74) is 2.86. The van der Waals surface area contributed by atoms with Crippen LogP contribution in [0.2, 0.25) is 0 Å². The van der Waals surface area contributed by atoms with E-state index in [0.29, 0.717) is 29.9 Å². The monoisotopic (exact) mass is 496 g/mol. The van der Waals surface area contributed by atoms with E-state index in [4.69, 9.17) is 14.2 Å². The lowest BCUT2D eigenvalue weighted by atomic mass is 9.90. The van der Waals surface area contributed by atoms with Crippen molar-refractivity contribution in [1.82, 2.24) is 0 Å². The molecule has 0 aromatic heterocycles. The number of benzene rings is 3. The molecule has 36 heavy (non-hydrogen) atoms. The van der Waals surface area contributed by atoms with Gasteiger partial charge in [0.05, 0.1) is 6.61 Å². The maximum absolute atomic E-state index is 14.6. The molecule has 8 heteroatoms. The Morgan fingerprint density at radius 3 is 2.44 bits per heavy atom. The molecule has 6 atom stereocenters. The van der Waals surface area contributed by atoms with Crippen molar-refractivity contribution in [3.05, 3.63) is 94.8 Å². The topological polar surface area (TPSA) is 109 Å². The van der Waals surface area contributed by atoms with Crippen molar-refractivity contribution in [2.24, 2.45) is 0 Å². The molecule has 1 unspecified atom stereocenters. The quantitative estimate of drug-likeness (QED) is 0.398. The Labute approximate surface area is 208 Å². The summed E-state index contributed by atoms with van der Waals surface area (Å²) in [5, 5.41) is 39.9. The van der Waals surface area contributed by atoms with Gasteiger partial charge in [0.1, 0.15) is 60.5 Å². The van der Waals surface area contributed by atoms with Crippen molar-refractivity contribution in [3.8, 4) is 11.5 Å². The number of hydrogen-bond donors (Lipinski definition) is 4. The Kier molecular flexibility index (Phi) is 7.22. The van der Waals surface area contributed by atoms with E-state index < -0.39 is 42.9 Å². The Balaban J connectivity index is 1.22. The molecule has 0 saturated carbocycles. The highest BCUT2D eigenvalue weighted by Crippen LogP contribution is 2.34. The molecular formula is C28H29FO7. The van der Waals surface area contributed by atoms with Gasteiger partial charge in [-0.2, -0.15) is 0 Å². The van der Waals surface area contributed by atoms with Crippen LogP contribution in [0.15, 0.2) is 66.7 Å². The molecule has 5 rings (SSSR count). The molecule has 1 fully saturated rings. The molecule has 1 saturated heterocycles. The predicted molar refractivity (Wildman–Crippen MR) is 128 cm³/mol.